The first-order valence-electron chi connectivity index (χ1n) is 6.56. The predicted octanol–water partition coefficient (Wildman–Crippen LogP) is 3.65. The summed E-state index contributed by atoms with van der Waals surface area (Å²) in [6, 6.07) is 9.75. The Kier molecular flexibility index (Phi) is 2.97. The van der Waals surface area contributed by atoms with Crippen molar-refractivity contribution in [2.24, 2.45) is 0 Å². The van der Waals surface area contributed by atoms with Crippen molar-refractivity contribution < 1.29 is 14.3 Å². The Morgan fingerprint density at radius 2 is 1.75 bits per heavy atom. The van der Waals surface area contributed by atoms with E-state index in [1.54, 1.807) is 13.2 Å². The lowest BCUT2D eigenvalue weighted by Gasteiger charge is -2.11. The van der Waals surface area contributed by atoms with Crippen LogP contribution in [0.25, 0.3) is 11.1 Å². The van der Waals surface area contributed by atoms with Gasteiger partial charge in [-0.2, -0.15) is 0 Å². The largest absolute Gasteiger partial charge is 0.497 e. The average Bonchev–Trinajstić information content (AvgIpc) is 2.58. The van der Waals surface area contributed by atoms with Crippen molar-refractivity contribution in [3.63, 3.8) is 0 Å². The van der Waals surface area contributed by atoms with Gasteiger partial charge in [-0.15, -0.1) is 0 Å². The molecule has 1 aliphatic heterocycles. The summed E-state index contributed by atoms with van der Waals surface area (Å²) in [6.45, 7) is 4.45. The van der Waals surface area contributed by atoms with Crippen molar-refractivity contribution in [1.82, 2.24) is 0 Å². The molecule has 0 aromatic heterocycles. The van der Waals surface area contributed by atoms with Crippen LogP contribution in [-0.2, 0) is 11.3 Å². The minimum Gasteiger partial charge on any atom is -0.497 e. The van der Waals surface area contributed by atoms with Crippen LogP contribution in [0.4, 0.5) is 0 Å². The van der Waals surface area contributed by atoms with Crippen molar-refractivity contribution in [1.29, 1.82) is 0 Å². The van der Waals surface area contributed by atoms with Gasteiger partial charge in [-0.05, 0) is 59.9 Å². The van der Waals surface area contributed by atoms with Crippen molar-refractivity contribution >= 4 is 5.97 Å². The Morgan fingerprint density at radius 1 is 1.00 bits per heavy atom. The van der Waals surface area contributed by atoms with Gasteiger partial charge in [-0.25, -0.2) is 4.79 Å². The molecule has 20 heavy (non-hydrogen) atoms. The van der Waals surface area contributed by atoms with Crippen LogP contribution in [0.5, 0.6) is 5.75 Å². The van der Waals surface area contributed by atoms with Gasteiger partial charge in [0.25, 0.3) is 0 Å². The predicted molar refractivity (Wildman–Crippen MR) is 77.0 cm³/mol. The molecule has 0 saturated heterocycles. The van der Waals surface area contributed by atoms with Gasteiger partial charge < -0.3 is 9.47 Å². The Bertz CT molecular complexity index is 702. The smallest absolute Gasteiger partial charge is 0.339 e. The summed E-state index contributed by atoms with van der Waals surface area (Å²) < 4.78 is 10.5. The minimum atomic E-state index is -0.301. The number of carbonyl (C=O) groups is 1. The Labute approximate surface area is 118 Å². The monoisotopic (exact) mass is 268 g/mol. The van der Waals surface area contributed by atoms with Gasteiger partial charge in [-0.1, -0.05) is 12.1 Å². The van der Waals surface area contributed by atoms with Crippen LogP contribution in [0.15, 0.2) is 30.3 Å². The van der Waals surface area contributed by atoms with Gasteiger partial charge in [0, 0.05) is 0 Å². The summed E-state index contributed by atoms with van der Waals surface area (Å²) >= 11 is 0. The fraction of sp³-hybridized carbons (Fsp3) is 0.235. The van der Waals surface area contributed by atoms with Crippen LogP contribution in [0.3, 0.4) is 0 Å². The van der Waals surface area contributed by atoms with Crippen LogP contribution in [-0.4, -0.2) is 13.1 Å². The molecule has 0 spiro atoms. The zero-order chi connectivity index (χ0) is 14.3. The molecule has 1 aliphatic rings. The number of benzene rings is 2. The summed E-state index contributed by atoms with van der Waals surface area (Å²) in [6.07, 6.45) is 0. The maximum absolute atomic E-state index is 12.1. The molecule has 0 atom stereocenters. The number of ether oxygens (including phenoxy) is 2. The fourth-order valence-electron chi connectivity index (χ4n) is 2.52. The first-order valence-corrected chi connectivity index (χ1v) is 6.56. The van der Waals surface area contributed by atoms with E-state index in [9.17, 15) is 4.79 Å². The molecular weight excluding hydrogens is 252 g/mol. The third-order valence-electron chi connectivity index (χ3n) is 3.82. The average molecular weight is 268 g/mol. The molecule has 0 N–H and O–H groups in total. The normalized spacial score (nSPS) is 13.1. The molecule has 3 heteroatoms. The molecule has 2 aromatic carbocycles. The lowest BCUT2D eigenvalue weighted by Crippen LogP contribution is -2.03. The molecule has 0 radical (unpaired) electrons. The molecule has 1 heterocycles. The fourth-order valence-corrected chi connectivity index (χ4v) is 2.52. The first-order chi connectivity index (χ1) is 9.60. The minimum absolute atomic E-state index is 0.301. The number of aryl methyl sites for hydroxylation is 2. The summed E-state index contributed by atoms with van der Waals surface area (Å²) in [5.74, 6) is 0.360. The maximum atomic E-state index is 12.1. The number of cyclic esters (lactones) is 1. The van der Waals surface area contributed by atoms with E-state index < -0.39 is 0 Å². The third-order valence-corrected chi connectivity index (χ3v) is 3.82. The molecule has 0 unspecified atom stereocenters. The number of methoxy groups -OCH3 is 1. The number of hydrogen-bond donors (Lipinski definition) is 0. The second kappa shape index (κ2) is 4.67. The second-order valence-electron chi connectivity index (χ2n) is 5.08. The van der Waals surface area contributed by atoms with Crippen LogP contribution < -0.4 is 4.74 Å². The highest BCUT2D eigenvalue weighted by Crippen LogP contribution is 2.35. The standard InChI is InChI=1S/C17H16O3/c1-10-6-12-9-20-17(18)16-8-13(19-3)4-5-14(16)15(12)7-11(10)2/h4-8H,9H2,1-3H3. The first kappa shape index (κ1) is 12.7. The van der Waals surface area contributed by atoms with E-state index in [0.29, 0.717) is 17.9 Å². The van der Waals surface area contributed by atoms with Gasteiger partial charge in [0.2, 0.25) is 0 Å². The molecule has 0 saturated carbocycles. The summed E-state index contributed by atoms with van der Waals surface area (Å²) in [4.78, 5) is 12.1. The van der Waals surface area contributed by atoms with Crippen LogP contribution in [0.1, 0.15) is 27.0 Å². The van der Waals surface area contributed by atoms with Crippen LogP contribution in [0, 0.1) is 13.8 Å². The third kappa shape index (κ3) is 1.95. The lowest BCUT2D eigenvalue weighted by atomic mass is 9.93. The summed E-state index contributed by atoms with van der Waals surface area (Å²) in [7, 11) is 1.59. The summed E-state index contributed by atoms with van der Waals surface area (Å²) in [5, 5.41) is 0. The van der Waals surface area contributed by atoms with E-state index >= 15 is 0 Å². The van der Waals surface area contributed by atoms with Crippen molar-refractivity contribution in [3.8, 4) is 16.9 Å². The quantitative estimate of drug-likeness (QED) is 0.741. The second-order valence-corrected chi connectivity index (χ2v) is 5.08. The van der Waals surface area contributed by atoms with Gasteiger partial charge >= 0.3 is 5.97 Å². The highest BCUT2D eigenvalue weighted by molar-refractivity contribution is 5.99. The van der Waals surface area contributed by atoms with Gasteiger partial charge in [0.15, 0.2) is 0 Å². The van der Waals surface area contributed by atoms with E-state index in [0.717, 1.165) is 16.7 Å². The Balaban J connectivity index is 2.28. The topological polar surface area (TPSA) is 35.5 Å². The van der Waals surface area contributed by atoms with E-state index in [4.69, 9.17) is 9.47 Å². The zero-order valence-corrected chi connectivity index (χ0v) is 11.8. The molecule has 0 amide bonds. The van der Waals surface area contributed by atoms with E-state index in [2.05, 4.69) is 26.0 Å². The highest BCUT2D eigenvalue weighted by Gasteiger charge is 2.22. The Hall–Kier alpha value is -2.29. The SMILES string of the molecule is COc1ccc2c(c1)C(=O)OCc1cc(C)c(C)cc1-2. The zero-order valence-electron chi connectivity index (χ0n) is 11.8. The molecule has 2 aromatic rings. The molecule has 102 valence electrons. The number of fused-ring (bicyclic) bond motifs is 3. The van der Waals surface area contributed by atoms with Crippen molar-refractivity contribution in [3.05, 3.63) is 52.6 Å². The molecule has 3 rings (SSSR count). The van der Waals surface area contributed by atoms with Crippen molar-refractivity contribution in [2.75, 3.05) is 7.11 Å². The number of esters is 1. The lowest BCUT2D eigenvalue weighted by molar-refractivity contribution is 0.0478. The van der Waals surface area contributed by atoms with E-state index in [-0.39, 0.29) is 5.97 Å². The van der Waals surface area contributed by atoms with Gasteiger partial charge in [-0.3, -0.25) is 0 Å². The Morgan fingerprint density at radius 3 is 2.50 bits per heavy atom. The maximum Gasteiger partial charge on any atom is 0.339 e. The number of rotatable bonds is 1. The van der Waals surface area contributed by atoms with Crippen LogP contribution >= 0.6 is 0 Å². The molecule has 0 bridgehead atoms. The molecular formula is C17H16O3. The van der Waals surface area contributed by atoms with Crippen LogP contribution in [0.2, 0.25) is 0 Å². The van der Waals surface area contributed by atoms with Gasteiger partial charge in [0.1, 0.15) is 12.4 Å². The summed E-state index contributed by atoms with van der Waals surface area (Å²) in [5.41, 5.74) is 6.00. The molecule has 3 nitrogen and oxygen atoms in total. The number of carbonyl (C=O) groups excluding carboxylic acids is 1. The van der Waals surface area contributed by atoms with E-state index in [1.165, 1.54) is 11.1 Å². The highest BCUT2D eigenvalue weighted by atomic mass is 16.5. The van der Waals surface area contributed by atoms with Crippen molar-refractivity contribution in [2.45, 2.75) is 20.5 Å². The molecule has 0 fully saturated rings. The van der Waals surface area contributed by atoms with Gasteiger partial charge in [0.05, 0.1) is 12.7 Å². The molecule has 0 aliphatic carbocycles. The number of hydrogen-bond acceptors (Lipinski definition) is 3. The van der Waals surface area contributed by atoms with E-state index in [1.807, 2.05) is 12.1 Å².